The van der Waals surface area contributed by atoms with Gasteiger partial charge in [0.1, 0.15) is 0 Å². The summed E-state index contributed by atoms with van der Waals surface area (Å²) in [4.78, 5) is 7.13. The van der Waals surface area contributed by atoms with Gasteiger partial charge in [-0.3, -0.25) is 0 Å². The van der Waals surface area contributed by atoms with Gasteiger partial charge in [-0.1, -0.05) is 54.6 Å². The van der Waals surface area contributed by atoms with Crippen molar-refractivity contribution in [1.82, 2.24) is 9.97 Å². The smallest absolute Gasteiger partial charge is 0.0467 e. The molecule has 27 heavy (non-hydrogen) atoms. The fourth-order valence-electron chi connectivity index (χ4n) is 4.20. The highest BCUT2D eigenvalue weighted by Gasteiger charge is 2.18. The molecule has 1 aliphatic rings. The predicted octanol–water partition coefficient (Wildman–Crippen LogP) is 6.30. The van der Waals surface area contributed by atoms with Crippen molar-refractivity contribution in [3.8, 4) is 11.3 Å². The van der Waals surface area contributed by atoms with Crippen LogP contribution in [-0.2, 0) is 6.42 Å². The van der Waals surface area contributed by atoms with E-state index in [1.54, 1.807) is 0 Å². The second kappa shape index (κ2) is 5.49. The van der Waals surface area contributed by atoms with Crippen LogP contribution in [0.15, 0.2) is 84.9 Å². The summed E-state index contributed by atoms with van der Waals surface area (Å²) in [6.45, 7) is 0. The number of para-hydroxylation sites is 2. The minimum atomic E-state index is 0.993. The summed E-state index contributed by atoms with van der Waals surface area (Å²) < 4.78 is 0. The number of fused-ring (bicyclic) bond motifs is 3. The fourth-order valence-corrected chi connectivity index (χ4v) is 4.20. The molecule has 0 amide bonds. The van der Waals surface area contributed by atoms with E-state index in [0.29, 0.717) is 0 Å². The van der Waals surface area contributed by atoms with E-state index < -0.39 is 0 Å². The number of benzene rings is 3. The molecule has 0 fully saturated rings. The Bertz CT molecular complexity index is 1280. The summed E-state index contributed by atoms with van der Waals surface area (Å²) in [5, 5.41) is 2.51. The Morgan fingerprint density at radius 1 is 0.630 bits per heavy atom. The Morgan fingerprint density at radius 3 is 2.04 bits per heavy atom. The van der Waals surface area contributed by atoms with Gasteiger partial charge in [0.05, 0.1) is 0 Å². The van der Waals surface area contributed by atoms with Gasteiger partial charge in [0.2, 0.25) is 0 Å². The summed E-state index contributed by atoms with van der Waals surface area (Å²) in [7, 11) is 0. The van der Waals surface area contributed by atoms with E-state index >= 15 is 0 Å². The number of H-pyrrole nitrogens is 2. The second-order valence-corrected chi connectivity index (χ2v) is 7.23. The maximum atomic E-state index is 3.58. The molecule has 0 spiro atoms. The zero-order valence-corrected chi connectivity index (χ0v) is 14.8. The molecular weight excluding hydrogens is 328 g/mol. The fraction of sp³-hybridized carbons (Fsp3) is 0.0400. The van der Waals surface area contributed by atoms with Gasteiger partial charge < -0.3 is 9.97 Å². The van der Waals surface area contributed by atoms with Crippen molar-refractivity contribution in [2.24, 2.45) is 0 Å². The normalized spacial score (nSPS) is 13.3. The number of hydrogen-bond donors (Lipinski definition) is 2. The third kappa shape index (κ3) is 2.27. The van der Waals surface area contributed by atoms with Crippen LogP contribution < -0.4 is 0 Å². The maximum absolute atomic E-state index is 3.58. The summed E-state index contributed by atoms with van der Waals surface area (Å²) in [6.07, 6.45) is 3.33. The van der Waals surface area contributed by atoms with Crippen LogP contribution in [0.4, 0.5) is 0 Å². The number of aromatic amines is 2. The van der Waals surface area contributed by atoms with E-state index in [1.807, 2.05) is 0 Å². The van der Waals surface area contributed by atoms with E-state index in [1.165, 1.54) is 55.5 Å². The quantitative estimate of drug-likeness (QED) is 0.376. The molecule has 2 heteroatoms. The Morgan fingerprint density at radius 2 is 1.30 bits per heavy atom. The van der Waals surface area contributed by atoms with Gasteiger partial charge in [0.25, 0.3) is 0 Å². The van der Waals surface area contributed by atoms with Crippen molar-refractivity contribution in [2.75, 3.05) is 0 Å². The van der Waals surface area contributed by atoms with Gasteiger partial charge >= 0.3 is 0 Å². The van der Waals surface area contributed by atoms with Gasteiger partial charge in [0, 0.05) is 38.8 Å². The van der Waals surface area contributed by atoms with Crippen LogP contribution in [0.25, 0.3) is 38.6 Å². The molecule has 0 atom stereocenters. The Labute approximate surface area is 157 Å². The first-order chi connectivity index (χ1) is 13.3. The van der Waals surface area contributed by atoms with Crippen molar-refractivity contribution in [2.45, 2.75) is 6.42 Å². The molecule has 2 heterocycles. The number of rotatable bonds is 2. The molecular formula is C25H18N2. The summed E-state index contributed by atoms with van der Waals surface area (Å²) >= 11 is 0. The summed E-state index contributed by atoms with van der Waals surface area (Å²) in [5.41, 5.74) is 9.99. The van der Waals surface area contributed by atoms with Crippen molar-refractivity contribution >= 4 is 27.4 Å². The Balaban J connectivity index is 1.47. The lowest BCUT2D eigenvalue weighted by Crippen LogP contribution is -1.89. The van der Waals surface area contributed by atoms with Crippen LogP contribution in [0.5, 0.6) is 0 Å². The van der Waals surface area contributed by atoms with E-state index in [9.17, 15) is 0 Å². The zero-order valence-electron chi connectivity index (χ0n) is 14.8. The first-order valence-electron chi connectivity index (χ1n) is 9.35. The third-order valence-electron chi connectivity index (χ3n) is 5.59. The molecule has 0 saturated heterocycles. The largest absolute Gasteiger partial charge is 0.355 e. The lowest BCUT2D eigenvalue weighted by Gasteiger charge is -2.07. The van der Waals surface area contributed by atoms with E-state index in [2.05, 4.69) is 94.9 Å². The lowest BCUT2D eigenvalue weighted by molar-refractivity contribution is 1.31. The topological polar surface area (TPSA) is 31.6 Å². The van der Waals surface area contributed by atoms with E-state index in [4.69, 9.17) is 0 Å². The van der Waals surface area contributed by atoms with E-state index in [0.717, 1.165) is 6.42 Å². The average molecular weight is 346 g/mol. The van der Waals surface area contributed by atoms with Gasteiger partial charge in [-0.15, -0.1) is 0 Å². The third-order valence-corrected chi connectivity index (χ3v) is 5.59. The van der Waals surface area contributed by atoms with Crippen LogP contribution in [0.2, 0.25) is 0 Å². The molecule has 5 aromatic rings. The van der Waals surface area contributed by atoms with Crippen molar-refractivity contribution in [3.05, 3.63) is 102 Å². The van der Waals surface area contributed by atoms with Crippen molar-refractivity contribution in [3.63, 3.8) is 0 Å². The minimum absolute atomic E-state index is 0.993. The standard InChI is InChI=1S/C25H18N2/c1-3-7-22-17(5-1)14-24(26-22)19-10-9-16-11-12-20(21(16)13-19)25-15-18-6-2-4-8-23(18)27-25/h1-10,12-15,26-27H,11H2. The summed E-state index contributed by atoms with van der Waals surface area (Å²) in [5.74, 6) is 0. The maximum Gasteiger partial charge on any atom is 0.0467 e. The molecule has 1 aliphatic carbocycles. The molecule has 0 bridgehead atoms. The molecule has 0 aliphatic heterocycles. The monoisotopic (exact) mass is 346 g/mol. The predicted molar refractivity (Wildman–Crippen MR) is 113 cm³/mol. The van der Waals surface area contributed by atoms with Gasteiger partial charge in [-0.05, 0) is 53.4 Å². The van der Waals surface area contributed by atoms with Crippen LogP contribution in [0, 0.1) is 0 Å². The Kier molecular flexibility index (Phi) is 2.97. The lowest BCUT2D eigenvalue weighted by atomic mass is 9.99. The first kappa shape index (κ1) is 14.6. The molecule has 2 nitrogen and oxygen atoms in total. The summed E-state index contributed by atoms with van der Waals surface area (Å²) in [6, 6.07) is 28.2. The van der Waals surface area contributed by atoms with Gasteiger partial charge in [-0.2, -0.15) is 0 Å². The van der Waals surface area contributed by atoms with Gasteiger partial charge in [0.15, 0.2) is 0 Å². The number of nitrogens with one attached hydrogen (secondary N) is 2. The highest BCUT2D eigenvalue weighted by molar-refractivity contribution is 5.92. The number of allylic oxidation sites excluding steroid dienone is 1. The highest BCUT2D eigenvalue weighted by atomic mass is 14.7. The van der Waals surface area contributed by atoms with Crippen LogP contribution in [0.1, 0.15) is 16.8 Å². The molecule has 2 N–H and O–H groups in total. The molecule has 128 valence electrons. The second-order valence-electron chi connectivity index (χ2n) is 7.23. The molecule has 6 rings (SSSR count). The molecule has 0 saturated carbocycles. The first-order valence-corrected chi connectivity index (χ1v) is 9.35. The Hall–Kier alpha value is -3.52. The van der Waals surface area contributed by atoms with E-state index in [-0.39, 0.29) is 0 Å². The number of hydrogen-bond acceptors (Lipinski definition) is 0. The van der Waals surface area contributed by atoms with Crippen LogP contribution in [-0.4, -0.2) is 9.97 Å². The van der Waals surface area contributed by atoms with Crippen LogP contribution in [0.3, 0.4) is 0 Å². The number of aromatic nitrogens is 2. The molecule has 0 unspecified atom stereocenters. The average Bonchev–Trinajstić information content (AvgIpc) is 3.42. The SMILES string of the molecule is C1=C(c2cc3ccccc3[nH]2)c2cc(-c3cc4ccccc4[nH]3)ccc2C1. The molecule has 3 aromatic carbocycles. The van der Waals surface area contributed by atoms with Crippen LogP contribution >= 0.6 is 0 Å². The molecule has 2 aromatic heterocycles. The highest BCUT2D eigenvalue weighted by Crippen LogP contribution is 2.36. The molecule has 0 radical (unpaired) electrons. The van der Waals surface area contributed by atoms with Crippen molar-refractivity contribution in [1.29, 1.82) is 0 Å². The van der Waals surface area contributed by atoms with Crippen molar-refractivity contribution < 1.29 is 0 Å². The van der Waals surface area contributed by atoms with Gasteiger partial charge in [-0.25, -0.2) is 0 Å². The zero-order chi connectivity index (χ0) is 17.8. The minimum Gasteiger partial charge on any atom is -0.355 e.